The van der Waals surface area contributed by atoms with Crippen molar-refractivity contribution in [1.29, 1.82) is 0 Å². The van der Waals surface area contributed by atoms with Crippen molar-refractivity contribution in [2.24, 2.45) is 5.92 Å². The van der Waals surface area contributed by atoms with Gasteiger partial charge in [-0.2, -0.15) is 0 Å². The predicted molar refractivity (Wildman–Crippen MR) is 70.1 cm³/mol. The van der Waals surface area contributed by atoms with E-state index < -0.39 is 23.7 Å². The molecule has 1 heterocycles. The molecule has 0 saturated heterocycles. The molecule has 1 aromatic heterocycles. The van der Waals surface area contributed by atoms with Crippen LogP contribution >= 0.6 is 0 Å². The lowest BCUT2D eigenvalue weighted by Crippen LogP contribution is -2.40. The molecule has 0 fully saturated rings. The van der Waals surface area contributed by atoms with Crippen LogP contribution in [0.1, 0.15) is 30.3 Å². The Morgan fingerprint density at radius 2 is 2.10 bits per heavy atom. The third-order valence-corrected chi connectivity index (χ3v) is 2.69. The molecule has 0 aliphatic heterocycles. The minimum Gasteiger partial charge on any atom is -0.481 e. The van der Waals surface area contributed by atoms with Crippen LogP contribution in [0.3, 0.4) is 0 Å². The van der Waals surface area contributed by atoms with E-state index in [0.717, 1.165) is 6.42 Å². The van der Waals surface area contributed by atoms with Crippen molar-refractivity contribution in [3.05, 3.63) is 24.2 Å². The van der Waals surface area contributed by atoms with Gasteiger partial charge in [-0.1, -0.05) is 13.3 Å². The van der Waals surface area contributed by atoms with Gasteiger partial charge in [0.25, 0.3) is 5.91 Å². The Bertz CT molecular complexity index is 455. The number of amides is 2. The lowest BCUT2D eigenvalue weighted by atomic mass is 10.0. The molecule has 0 aliphatic carbocycles. The van der Waals surface area contributed by atoms with Crippen LogP contribution in [-0.2, 0) is 9.59 Å². The molecule has 0 aromatic carbocycles. The Morgan fingerprint density at radius 1 is 1.35 bits per heavy atom. The second-order valence-corrected chi connectivity index (χ2v) is 4.29. The van der Waals surface area contributed by atoms with Crippen molar-refractivity contribution < 1.29 is 23.9 Å². The number of carbonyl (C=O) groups excluding carboxylic acids is 2. The summed E-state index contributed by atoms with van der Waals surface area (Å²) >= 11 is 0. The molecular formula is C13H18N2O5. The minimum atomic E-state index is -0.938. The summed E-state index contributed by atoms with van der Waals surface area (Å²) in [4.78, 5) is 33.9. The molecular weight excluding hydrogens is 264 g/mol. The zero-order valence-electron chi connectivity index (χ0n) is 11.2. The van der Waals surface area contributed by atoms with Crippen molar-refractivity contribution in [1.82, 2.24) is 10.6 Å². The van der Waals surface area contributed by atoms with Crippen LogP contribution in [0.25, 0.3) is 0 Å². The summed E-state index contributed by atoms with van der Waals surface area (Å²) in [5.74, 6) is -2.36. The molecule has 110 valence electrons. The average molecular weight is 282 g/mol. The average Bonchev–Trinajstić information content (AvgIpc) is 2.94. The molecule has 7 nitrogen and oxygen atoms in total. The highest BCUT2D eigenvalue weighted by Gasteiger charge is 2.17. The molecule has 0 radical (unpaired) electrons. The number of hydrogen-bond donors (Lipinski definition) is 3. The molecule has 7 heteroatoms. The fraction of sp³-hybridized carbons (Fsp3) is 0.462. The minimum absolute atomic E-state index is 0.0542. The quantitative estimate of drug-likeness (QED) is 0.648. The van der Waals surface area contributed by atoms with Gasteiger partial charge in [-0.15, -0.1) is 0 Å². The lowest BCUT2D eigenvalue weighted by Gasteiger charge is -2.12. The van der Waals surface area contributed by atoms with E-state index in [1.54, 1.807) is 6.07 Å². The molecule has 1 rings (SSSR count). The highest BCUT2D eigenvalue weighted by Crippen LogP contribution is 2.04. The number of hydrogen-bond acceptors (Lipinski definition) is 4. The zero-order valence-corrected chi connectivity index (χ0v) is 11.2. The molecule has 0 spiro atoms. The van der Waals surface area contributed by atoms with E-state index in [9.17, 15) is 14.4 Å². The van der Waals surface area contributed by atoms with Crippen LogP contribution in [0.5, 0.6) is 0 Å². The van der Waals surface area contributed by atoms with E-state index in [4.69, 9.17) is 9.52 Å². The van der Waals surface area contributed by atoms with Crippen LogP contribution in [-0.4, -0.2) is 36.0 Å². The normalized spacial score (nSPS) is 11.7. The van der Waals surface area contributed by atoms with E-state index in [1.807, 2.05) is 6.92 Å². The highest BCUT2D eigenvalue weighted by molar-refractivity contribution is 5.94. The van der Waals surface area contributed by atoms with Gasteiger partial charge in [-0.25, -0.2) is 0 Å². The van der Waals surface area contributed by atoms with E-state index in [-0.39, 0.29) is 18.8 Å². The summed E-state index contributed by atoms with van der Waals surface area (Å²) in [5, 5.41) is 13.8. The number of rotatable bonds is 8. The van der Waals surface area contributed by atoms with E-state index in [0.29, 0.717) is 6.42 Å². The second-order valence-electron chi connectivity index (χ2n) is 4.29. The smallest absolute Gasteiger partial charge is 0.308 e. The van der Waals surface area contributed by atoms with E-state index in [2.05, 4.69) is 10.6 Å². The summed E-state index contributed by atoms with van der Waals surface area (Å²) in [5.41, 5.74) is 0. The molecule has 0 saturated carbocycles. The first-order valence-electron chi connectivity index (χ1n) is 6.35. The first kappa shape index (κ1) is 15.7. The van der Waals surface area contributed by atoms with Gasteiger partial charge in [0.2, 0.25) is 5.91 Å². The first-order valence-corrected chi connectivity index (χ1v) is 6.35. The standard InChI is InChI=1S/C13H18N2O5/c1-2-4-9(13(18)19)7-14-11(16)8-15-12(17)10-5-3-6-20-10/h3,5-6,9H,2,4,7-8H2,1H3,(H,14,16)(H,15,17)(H,18,19). The molecule has 20 heavy (non-hydrogen) atoms. The number of aliphatic carboxylic acids is 1. The van der Waals surface area contributed by atoms with Gasteiger partial charge >= 0.3 is 5.97 Å². The third-order valence-electron chi connectivity index (χ3n) is 2.69. The number of carboxylic acid groups (broad SMARTS) is 1. The van der Waals surface area contributed by atoms with E-state index in [1.165, 1.54) is 12.3 Å². The van der Waals surface area contributed by atoms with Crippen molar-refractivity contribution in [2.75, 3.05) is 13.1 Å². The highest BCUT2D eigenvalue weighted by atomic mass is 16.4. The zero-order chi connectivity index (χ0) is 15.0. The maximum absolute atomic E-state index is 11.5. The number of nitrogens with one attached hydrogen (secondary N) is 2. The van der Waals surface area contributed by atoms with Crippen LogP contribution in [0.15, 0.2) is 22.8 Å². The van der Waals surface area contributed by atoms with Gasteiger partial charge in [0.1, 0.15) is 0 Å². The predicted octanol–water partition coefficient (Wildman–Crippen LogP) is 0.626. The molecule has 0 aliphatic rings. The van der Waals surface area contributed by atoms with Crippen LogP contribution in [0.2, 0.25) is 0 Å². The molecule has 2 amide bonds. The van der Waals surface area contributed by atoms with Gasteiger partial charge in [0, 0.05) is 6.54 Å². The summed E-state index contributed by atoms with van der Waals surface area (Å²) < 4.78 is 4.87. The van der Waals surface area contributed by atoms with Crippen molar-refractivity contribution in [3.8, 4) is 0 Å². The second kappa shape index (κ2) is 7.98. The van der Waals surface area contributed by atoms with Gasteiger partial charge in [-0.3, -0.25) is 14.4 Å². The first-order chi connectivity index (χ1) is 9.54. The van der Waals surface area contributed by atoms with Crippen molar-refractivity contribution in [2.45, 2.75) is 19.8 Å². The summed E-state index contributed by atoms with van der Waals surface area (Å²) in [6.45, 7) is 1.71. The van der Waals surface area contributed by atoms with Crippen LogP contribution < -0.4 is 10.6 Å². The third kappa shape index (κ3) is 5.13. The summed E-state index contributed by atoms with van der Waals surface area (Å²) in [6, 6.07) is 3.05. The topological polar surface area (TPSA) is 109 Å². The Balaban J connectivity index is 2.29. The maximum Gasteiger partial charge on any atom is 0.308 e. The fourth-order valence-corrected chi connectivity index (χ4v) is 1.62. The Hall–Kier alpha value is -2.31. The Morgan fingerprint density at radius 3 is 2.65 bits per heavy atom. The monoisotopic (exact) mass is 282 g/mol. The Kier molecular flexibility index (Phi) is 6.28. The van der Waals surface area contributed by atoms with Gasteiger partial charge in [0.15, 0.2) is 5.76 Å². The summed E-state index contributed by atoms with van der Waals surface area (Å²) in [6.07, 6.45) is 2.58. The maximum atomic E-state index is 11.5. The van der Waals surface area contributed by atoms with Gasteiger partial charge in [-0.05, 0) is 18.6 Å². The SMILES string of the molecule is CCCC(CNC(=O)CNC(=O)c1ccco1)C(=O)O. The van der Waals surface area contributed by atoms with Crippen molar-refractivity contribution >= 4 is 17.8 Å². The van der Waals surface area contributed by atoms with Crippen LogP contribution in [0.4, 0.5) is 0 Å². The van der Waals surface area contributed by atoms with Crippen LogP contribution in [0, 0.1) is 5.92 Å². The lowest BCUT2D eigenvalue weighted by molar-refractivity contribution is -0.141. The number of carbonyl (C=O) groups is 3. The molecule has 1 unspecified atom stereocenters. The molecule has 0 bridgehead atoms. The largest absolute Gasteiger partial charge is 0.481 e. The summed E-state index contributed by atoms with van der Waals surface area (Å²) in [7, 11) is 0. The molecule has 1 aromatic rings. The fourth-order valence-electron chi connectivity index (χ4n) is 1.62. The van der Waals surface area contributed by atoms with Gasteiger partial charge in [0.05, 0.1) is 18.7 Å². The Labute approximate surface area is 116 Å². The molecule has 3 N–H and O–H groups in total. The van der Waals surface area contributed by atoms with Gasteiger partial charge < -0.3 is 20.2 Å². The van der Waals surface area contributed by atoms with E-state index >= 15 is 0 Å². The number of furan rings is 1. The van der Waals surface area contributed by atoms with Crippen molar-refractivity contribution in [3.63, 3.8) is 0 Å². The molecule has 1 atom stereocenters. The number of carboxylic acids is 1.